The van der Waals surface area contributed by atoms with E-state index in [1.165, 1.54) is 18.4 Å². The maximum atomic E-state index is 12.3. The van der Waals surface area contributed by atoms with Crippen molar-refractivity contribution in [2.75, 3.05) is 18.9 Å². The van der Waals surface area contributed by atoms with Crippen LogP contribution in [-0.4, -0.2) is 22.6 Å². The van der Waals surface area contributed by atoms with Gasteiger partial charge in [0.2, 0.25) is 0 Å². The fourth-order valence-corrected chi connectivity index (χ4v) is 4.39. The van der Waals surface area contributed by atoms with Crippen molar-refractivity contribution in [3.05, 3.63) is 39.7 Å². The number of hydrogen-bond acceptors (Lipinski definition) is 5. The van der Waals surface area contributed by atoms with Crippen LogP contribution < -0.4 is 14.8 Å². The van der Waals surface area contributed by atoms with Crippen molar-refractivity contribution < 1.29 is 13.2 Å². The van der Waals surface area contributed by atoms with E-state index >= 15 is 0 Å². The first kappa shape index (κ1) is 16.3. The molecule has 1 heterocycles. The standard InChI is InChI=1S/C13H15BrN2O3S2/c1-15-7-9-5-13(20-8-9)21(17,18)16-10-3-4-11(14)12(6-10)19-2/h3-6,8,15-16H,7H2,1-2H3. The molecule has 2 rings (SSSR count). The third-order valence-corrected chi connectivity index (χ3v) is 6.20. The van der Waals surface area contributed by atoms with E-state index in [0.29, 0.717) is 18.0 Å². The molecular weight excluding hydrogens is 376 g/mol. The largest absolute Gasteiger partial charge is 0.495 e. The Hall–Kier alpha value is -1.09. The summed E-state index contributed by atoms with van der Waals surface area (Å²) in [7, 11) is -0.232. The van der Waals surface area contributed by atoms with E-state index in [4.69, 9.17) is 4.74 Å². The quantitative estimate of drug-likeness (QED) is 0.795. The molecule has 0 atom stereocenters. The zero-order valence-electron chi connectivity index (χ0n) is 11.5. The molecule has 0 unspecified atom stereocenters. The molecule has 0 spiro atoms. The molecule has 1 aromatic carbocycles. The van der Waals surface area contributed by atoms with Crippen LogP contribution in [-0.2, 0) is 16.6 Å². The topological polar surface area (TPSA) is 67.4 Å². The molecule has 0 bridgehead atoms. The summed E-state index contributed by atoms with van der Waals surface area (Å²) in [6.45, 7) is 0.637. The smallest absolute Gasteiger partial charge is 0.271 e. The Labute approximate surface area is 136 Å². The van der Waals surface area contributed by atoms with Crippen molar-refractivity contribution in [3.63, 3.8) is 0 Å². The first-order valence-corrected chi connectivity index (χ1v) is 9.20. The van der Waals surface area contributed by atoms with Crippen LogP contribution in [0.15, 0.2) is 38.3 Å². The van der Waals surface area contributed by atoms with Gasteiger partial charge in [0.05, 0.1) is 17.3 Å². The number of halogens is 1. The van der Waals surface area contributed by atoms with Gasteiger partial charge in [-0.25, -0.2) is 8.42 Å². The molecule has 21 heavy (non-hydrogen) atoms. The highest BCUT2D eigenvalue weighted by molar-refractivity contribution is 9.10. The highest BCUT2D eigenvalue weighted by atomic mass is 79.9. The molecule has 0 radical (unpaired) electrons. The Morgan fingerprint density at radius 2 is 2.10 bits per heavy atom. The number of benzene rings is 1. The fraction of sp³-hybridized carbons (Fsp3) is 0.231. The van der Waals surface area contributed by atoms with Crippen molar-refractivity contribution in [1.82, 2.24) is 5.32 Å². The summed E-state index contributed by atoms with van der Waals surface area (Å²) in [6, 6.07) is 6.70. The Balaban J connectivity index is 2.24. The van der Waals surface area contributed by atoms with Crippen molar-refractivity contribution >= 4 is 43.0 Å². The Kier molecular flexibility index (Phi) is 5.26. The first-order chi connectivity index (χ1) is 9.96. The van der Waals surface area contributed by atoms with Crippen LogP contribution in [0.3, 0.4) is 0 Å². The summed E-state index contributed by atoms with van der Waals surface area (Å²) in [4.78, 5) is 0. The zero-order chi connectivity index (χ0) is 15.5. The second-order valence-corrected chi connectivity index (χ2v) is 7.93. The van der Waals surface area contributed by atoms with Crippen LogP contribution >= 0.6 is 27.3 Å². The van der Waals surface area contributed by atoms with Crippen LogP contribution in [0.5, 0.6) is 5.75 Å². The normalized spacial score (nSPS) is 11.4. The van der Waals surface area contributed by atoms with Gasteiger partial charge in [-0.1, -0.05) is 0 Å². The lowest BCUT2D eigenvalue weighted by Crippen LogP contribution is -2.11. The molecular formula is C13H15BrN2O3S2. The summed E-state index contributed by atoms with van der Waals surface area (Å²) < 4.78 is 33.4. The minimum atomic E-state index is -3.58. The average Bonchev–Trinajstić information content (AvgIpc) is 2.91. The number of rotatable bonds is 6. The molecule has 0 saturated carbocycles. The highest BCUT2D eigenvalue weighted by Gasteiger charge is 2.17. The van der Waals surface area contributed by atoms with E-state index in [-0.39, 0.29) is 4.21 Å². The third-order valence-electron chi connectivity index (χ3n) is 2.68. The molecule has 0 fully saturated rings. The molecule has 2 N–H and O–H groups in total. The number of nitrogens with one attached hydrogen (secondary N) is 2. The maximum absolute atomic E-state index is 12.3. The number of sulfonamides is 1. The average molecular weight is 391 g/mol. The second kappa shape index (κ2) is 6.78. The summed E-state index contributed by atoms with van der Waals surface area (Å²) in [5, 5.41) is 4.82. The Morgan fingerprint density at radius 3 is 2.76 bits per heavy atom. The summed E-state index contributed by atoms with van der Waals surface area (Å²) in [6.07, 6.45) is 0. The summed E-state index contributed by atoms with van der Waals surface area (Å²) in [5.41, 5.74) is 1.40. The fourth-order valence-electron chi connectivity index (χ4n) is 1.72. The van der Waals surface area contributed by atoms with Crippen LogP contribution in [0.1, 0.15) is 5.56 Å². The molecule has 0 saturated heterocycles. The van der Waals surface area contributed by atoms with Gasteiger partial charge in [0, 0.05) is 12.6 Å². The molecule has 0 aliphatic heterocycles. The van der Waals surface area contributed by atoms with Crippen molar-refractivity contribution in [2.45, 2.75) is 10.8 Å². The summed E-state index contributed by atoms with van der Waals surface area (Å²) >= 11 is 4.53. The molecule has 8 heteroatoms. The zero-order valence-corrected chi connectivity index (χ0v) is 14.7. The molecule has 5 nitrogen and oxygen atoms in total. The van der Waals surface area contributed by atoms with Gasteiger partial charge in [-0.05, 0) is 52.1 Å². The van der Waals surface area contributed by atoms with Gasteiger partial charge in [0.15, 0.2) is 0 Å². The van der Waals surface area contributed by atoms with E-state index in [1.807, 2.05) is 12.4 Å². The van der Waals surface area contributed by atoms with Gasteiger partial charge in [-0.2, -0.15) is 0 Å². The Bertz CT molecular complexity index is 729. The van der Waals surface area contributed by atoms with Gasteiger partial charge >= 0.3 is 0 Å². The predicted octanol–water partition coefficient (Wildman–Crippen LogP) is 3.04. The van der Waals surface area contributed by atoms with Crippen LogP contribution in [0, 0.1) is 0 Å². The molecule has 114 valence electrons. The minimum Gasteiger partial charge on any atom is -0.495 e. The lowest BCUT2D eigenvalue weighted by Gasteiger charge is -2.09. The molecule has 0 amide bonds. The van der Waals surface area contributed by atoms with E-state index < -0.39 is 10.0 Å². The van der Waals surface area contributed by atoms with Crippen molar-refractivity contribution in [2.24, 2.45) is 0 Å². The number of anilines is 1. The van der Waals surface area contributed by atoms with Crippen LogP contribution in [0.4, 0.5) is 5.69 Å². The van der Waals surface area contributed by atoms with Crippen molar-refractivity contribution in [1.29, 1.82) is 0 Å². The van der Waals surface area contributed by atoms with Crippen molar-refractivity contribution in [3.8, 4) is 5.75 Å². The number of thiophene rings is 1. The lowest BCUT2D eigenvalue weighted by atomic mass is 10.3. The minimum absolute atomic E-state index is 0.287. The number of methoxy groups -OCH3 is 1. The molecule has 2 aromatic rings. The number of hydrogen-bond donors (Lipinski definition) is 2. The van der Waals surface area contributed by atoms with E-state index in [1.54, 1.807) is 24.3 Å². The lowest BCUT2D eigenvalue weighted by molar-refractivity contribution is 0.412. The van der Waals surface area contributed by atoms with E-state index in [2.05, 4.69) is 26.0 Å². The SMILES string of the molecule is CNCc1csc(S(=O)(=O)Nc2ccc(Br)c(OC)c2)c1. The van der Waals surface area contributed by atoms with Gasteiger partial charge in [0.1, 0.15) is 9.96 Å². The van der Waals surface area contributed by atoms with E-state index in [0.717, 1.165) is 10.0 Å². The monoisotopic (exact) mass is 390 g/mol. The van der Waals surface area contributed by atoms with E-state index in [9.17, 15) is 8.42 Å². The van der Waals surface area contributed by atoms with Crippen LogP contribution in [0.25, 0.3) is 0 Å². The molecule has 0 aliphatic rings. The Morgan fingerprint density at radius 1 is 1.33 bits per heavy atom. The number of ether oxygens (including phenoxy) is 1. The first-order valence-electron chi connectivity index (χ1n) is 6.04. The maximum Gasteiger partial charge on any atom is 0.271 e. The van der Waals surface area contributed by atoms with Gasteiger partial charge in [-0.15, -0.1) is 11.3 Å². The summed E-state index contributed by atoms with van der Waals surface area (Å²) in [5.74, 6) is 0.567. The van der Waals surface area contributed by atoms with Gasteiger partial charge in [-0.3, -0.25) is 4.72 Å². The third kappa shape index (κ3) is 3.97. The van der Waals surface area contributed by atoms with Gasteiger partial charge in [0.25, 0.3) is 10.0 Å². The second-order valence-electron chi connectivity index (χ2n) is 4.26. The predicted molar refractivity (Wildman–Crippen MR) is 88.6 cm³/mol. The van der Waals surface area contributed by atoms with Gasteiger partial charge < -0.3 is 10.1 Å². The molecule has 1 aromatic heterocycles. The molecule has 0 aliphatic carbocycles. The highest BCUT2D eigenvalue weighted by Crippen LogP contribution is 2.30. The van der Waals surface area contributed by atoms with Crippen LogP contribution in [0.2, 0.25) is 0 Å².